The maximum Gasteiger partial charge on any atom is 0.323 e. The molecule has 0 spiro atoms. The van der Waals surface area contributed by atoms with Gasteiger partial charge in [-0.25, -0.2) is 9.48 Å². The standard InChI is InChI=1S/C19H27N5O2/c1-13-12-18(24(21-13)15-7-4-3-5-8-15)20-19(25)23-10-6-9-16(23)17-11-14(2)22-26-17/h11-12,15-16H,3-10H2,1-2H3,(H,20,25)/t16-/m1/s1. The van der Waals surface area contributed by atoms with Crippen molar-refractivity contribution in [1.29, 1.82) is 0 Å². The fraction of sp³-hybridized carbons (Fsp3) is 0.632. The summed E-state index contributed by atoms with van der Waals surface area (Å²) in [5.74, 6) is 1.57. The first-order chi connectivity index (χ1) is 12.6. The molecule has 4 rings (SSSR count). The Morgan fingerprint density at radius 3 is 2.65 bits per heavy atom. The number of nitrogens with one attached hydrogen (secondary N) is 1. The summed E-state index contributed by atoms with van der Waals surface area (Å²) >= 11 is 0. The molecular weight excluding hydrogens is 330 g/mol. The molecule has 2 aromatic heterocycles. The molecule has 0 unspecified atom stereocenters. The zero-order valence-electron chi connectivity index (χ0n) is 15.6. The number of urea groups is 1. The second-order valence-electron chi connectivity index (χ2n) is 7.56. The Balaban J connectivity index is 1.51. The molecule has 1 saturated carbocycles. The van der Waals surface area contributed by atoms with Gasteiger partial charge in [0.05, 0.1) is 23.5 Å². The molecule has 3 heterocycles. The fourth-order valence-corrected chi connectivity index (χ4v) is 4.24. The van der Waals surface area contributed by atoms with E-state index in [4.69, 9.17) is 4.52 Å². The van der Waals surface area contributed by atoms with Gasteiger partial charge in [-0.2, -0.15) is 5.10 Å². The first kappa shape index (κ1) is 17.1. The minimum atomic E-state index is -0.0847. The van der Waals surface area contributed by atoms with Crippen molar-refractivity contribution in [2.24, 2.45) is 0 Å². The van der Waals surface area contributed by atoms with Crippen molar-refractivity contribution < 1.29 is 9.32 Å². The molecule has 2 aromatic rings. The number of hydrogen-bond donors (Lipinski definition) is 1. The third kappa shape index (κ3) is 3.34. The van der Waals surface area contributed by atoms with Crippen LogP contribution in [-0.4, -0.2) is 32.4 Å². The maximum absolute atomic E-state index is 13.0. The van der Waals surface area contributed by atoms with Gasteiger partial charge in [-0.05, 0) is 39.5 Å². The van der Waals surface area contributed by atoms with Gasteiger partial charge in [0, 0.05) is 18.7 Å². The van der Waals surface area contributed by atoms with Crippen molar-refractivity contribution >= 4 is 11.8 Å². The Kier molecular flexibility index (Phi) is 4.70. The number of aromatic nitrogens is 3. The molecule has 2 fully saturated rings. The highest BCUT2D eigenvalue weighted by Gasteiger charge is 2.33. The van der Waals surface area contributed by atoms with Gasteiger partial charge in [-0.15, -0.1) is 0 Å². The molecule has 7 nitrogen and oxygen atoms in total. The Bertz CT molecular complexity index is 775. The van der Waals surface area contributed by atoms with Gasteiger partial charge in [0.25, 0.3) is 0 Å². The number of likely N-dealkylation sites (tertiary alicyclic amines) is 1. The number of aryl methyl sites for hydroxylation is 2. The summed E-state index contributed by atoms with van der Waals surface area (Å²) in [6.45, 7) is 4.61. The lowest BCUT2D eigenvalue weighted by Crippen LogP contribution is -2.35. The summed E-state index contributed by atoms with van der Waals surface area (Å²) in [6, 6.07) is 4.16. The maximum atomic E-state index is 13.0. The Morgan fingerprint density at radius 1 is 1.12 bits per heavy atom. The molecule has 26 heavy (non-hydrogen) atoms. The monoisotopic (exact) mass is 357 g/mol. The smallest absolute Gasteiger partial charge is 0.323 e. The zero-order chi connectivity index (χ0) is 18.1. The molecule has 7 heteroatoms. The number of anilines is 1. The van der Waals surface area contributed by atoms with Crippen LogP contribution in [0.3, 0.4) is 0 Å². The molecule has 1 atom stereocenters. The predicted molar refractivity (Wildman–Crippen MR) is 98.0 cm³/mol. The van der Waals surface area contributed by atoms with Crippen LogP contribution >= 0.6 is 0 Å². The van der Waals surface area contributed by atoms with Gasteiger partial charge >= 0.3 is 6.03 Å². The lowest BCUT2D eigenvalue weighted by Gasteiger charge is -2.26. The van der Waals surface area contributed by atoms with Crippen molar-refractivity contribution in [3.63, 3.8) is 0 Å². The molecule has 0 aromatic carbocycles. The van der Waals surface area contributed by atoms with Crippen LogP contribution < -0.4 is 5.32 Å². The average Bonchev–Trinajstić information content (AvgIpc) is 3.35. The van der Waals surface area contributed by atoms with Crippen LogP contribution in [0.15, 0.2) is 16.7 Å². The second-order valence-corrected chi connectivity index (χ2v) is 7.56. The summed E-state index contributed by atoms with van der Waals surface area (Å²) < 4.78 is 7.44. The number of nitrogens with zero attached hydrogens (tertiary/aromatic N) is 4. The van der Waals surface area contributed by atoms with E-state index >= 15 is 0 Å². The van der Waals surface area contributed by atoms with E-state index in [0.717, 1.165) is 55.2 Å². The lowest BCUT2D eigenvalue weighted by molar-refractivity contribution is 0.195. The first-order valence-corrected chi connectivity index (χ1v) is 9.69. The van der Waals surface area contributed by atoms with E-state index in [2.05, 4.69) is 15.6 Å². The van der Waals surface area contributed by atoms with Crippen LogP contribution in [0.2, 0.25) is 0 Å². The number of carbonyl (C=O) groups is 1. The highest BCUT2D eigenvalue weighted by Crippen LogP contribution is 2.34. The molecule has 140 valence electrons. The number of rotatable bonds is 3. The van der Waals surface area contributed by atoms with Crippen LogP contribution in [0.4, 0.5) is 10.6 Å². The Labute approximate surface area is 153 Å². The Hall–Kier alpha value is -2.31. The van der Waals surface area contributed by atoms with E-state index in [1.807, 2.05) is 35.6 Å². The van der Waals surface area contributed by atoms with Gasteiger partial charge in [0.1, 0.15) is 5.82 Å². The van der Waals surface area contributed by atoms with E-state index < -0.39 is 0 Å². The van der Waals surface area contributed by atoms with Crippen molar-refractivity contribution in [3.05, 3.63) is 29.3 Å². The van der Waals surface area contributed by atoms with Crippen molar-refractivity contribution in [3.8, 4) is 0 Å². The van der Waals surface area contributed by atoms with Gasteiger partial charge in [0.2, 0.25) is 0 Å². The SMILES string of the molecule is Cc1cc([C@H]2CCCN2C(=O)Nc2cc(C)nn2C2CCCCC2)on1. The van der Waals surface area contributed by atoms with Crippen molar-refractivity contribution in [2.45, 2.75) is 70.9 Å². The van der Waals surface area contributed by atoms with Gasteiger partial charge < -0.3 is 9.42 Å². The molecule has 1 aliphatic carbocycles. The highest BCUT2D eigenvalue weighted by atomic mass is 16.5. The van der Waals surface area contributed by atoms with Gasteiger partial charge in [-0.1, -0.05) is 24.4 Å². The van der Waals surface area contributed by atoms with Crippen LogP contribution in [0.5, 0.6) is 0 Å². The lowest BCUT2D eigenvalue weighted by atomic mass is 9.96. The summed E-state index contributed by atoms with van der Waals surface area (Å²) in [4.78, 5) is 14.8. The predicted octanol–water partition coefficient (Wildman–Crippen LogP) is 4.36. The summed E-state index contributed by atoms with van der Waals surface area (Å²) in [5.41, 5.74) is 1.79. The molecule has 0 radical (unpaired) electrons. The molecule has 2 aliphatic rings. The third-order valence-electron chi connectivity index (χ3n) is 5.50. The minimum absolute atomic E-state index is 0.0386. The van der Waals surface area contributed by atoms with Crippen molar-refractivity contribution in [1.82, 2.24) is 19.8 Å². The largest absolute Gasteiger partial charge is 0.359 e. The van der Waals surface area contributed by atoms with Gasteiger partial charge in [-0.3, -0.25) is 5.32 Å². The van der Waals surface area contributed by atoms with Crippen LogP contribution in [0.1, 0.15) is 74.2 Å². The fourth-order valence-electron chi connectivity index (χ4n) is 4.24. The molecule has 1 N–H and O–H groups in total. The van der Waals surface area contributed by atoms with Crippen molar-refractivity contribution in [2.75, 3.05) is 11.9 Å². The van der Waals surface area contributed by atoms with Crippen LogP contribution in [0, 0.1) is 13.8 Å². The highest BCUT2D eigenvalue weighted by molar-refractivity contribution is 5.89. The topological polar surface area (TPSA) is 76.2 Å². The quantitative estimate of drug-likeness (QED) is 0.885. The minimum Gasteiger partial charge on any atom is -0.359 e. The van der Waals surface area contributed by atoms with E-state index in [0.29, 0.717) is 6.04 Å². The van der Waals surface area contributed by atoms with E-state index in [9.17, 15) is 4.79 Å². The van der Waals surface area contributed by atoms with E-state index in [1.165, 1.54) is 19.3 Å². The van der Waals surface area contributed by atoms with Crippen LogP contribution in [-0.2, 0) is 0 Å². The summed E-state index contributed by atoms with van der Waals surface area (Å²) in [5, 5.41) is 11.7. The van der Waals surface area contributed by atoms with Gasteiger partial charge in [0.15, 0.2) is 5.76 Å². The van der Waals surface area contributed by atoms with Crippen LogP contribution in [0.25, 0.3) is 0 Å². The van der Waals surface area contributed by atoms with E-state index in [-0.39, 0.29) is 12.1 Å². The normalized spacial score (nSPS) is 21.3. The molecule has 1 aliphatic heterocycles. The van der Waals surface area contributed by atoms with E-state index in [1.54, 1.807) is 0 Å². The third-order valence-corrected chi connectivity index (χ3v) is 5.50. The molecule has 1 saturated heterocycles. The summed E-state index contributed by atoms with van der Waals surface area (Å²) in [7, 11) is 0. The molecule has 0 bridgehead atoms. The Morgan fingerprint density at radius 2 is 1.92 bits per heavy atom. The zero-order valence-corrected chi connectivity index (χ0v) is 15.6. The molecule has 2 amide bonds. The second kappa shape index (κ2) is 7.13. The average molecular weight is 357 g/mol. The number of carbonyl (C=O) groups excluding carboxylic acids is 1. The summed E-state index contributed by atoms with van der Waals surface area (Å²) in [6.07, 6.45) is 7.90. The molecular formula is C19H27N5O2. The number of hydrogen-bond acceptors (Lipinski definition) is 4. The number of amides is 2. The first-order valence-electron chi connectivity index (χ1n) is 9.69.